The zero-order chi connectivity index (χ0) is 33.2. The Labute approximate surface area is 276 Å². The fraction of sp³-hybridized carbons (Fsp3) is 0.314. The topological polar surface area (TPSA) is 152 Å². The molecule has 0 spiro atoms. The third-order valence-corrected chi connectivity index (χ3v) is 10.2. The van der Waals surface area contributed by atoms with Crippen LogP contribution in [0.15, 0.2) is 58.4 Å². The number of primary amides is 1. The summed E-state index contributed by atoms with van der Waals surface area (Å²) in [6.07, 6.45) is 7.08. The Morgan fingerprint density at radius 1 is 1.09 bits per heavy atom. The number of likely N-dealkylation sites (tertiary alicyclic amines) is 1. The van der Waals surface area contributed by atoms with Crippen molar-refractivity contribution in [3.63, 3.8) is 0 Å². The number of aromatic nitrogens is 2. The van der Waals surface area contributed by atoms with Crippen molar-refractivity contribution in [1.82, 2.24) is 14.5 Å². The first kappa shape index (κ1) is 31.9. The summed E-state index contributed by atoms with van der Waals surface area (Å²) in [5, 5.41) is 6.17. The molecule has 4 aromatic rings. The van der Waals surface area contributed by atoms with Crippen LogP contribution in [0.4, 0.5) is 22.9 Å². The summed E-state index contributed by atoms with van der Waals surface area (Å²) in [5.74, 6) is -0.824. The first-order valence-corrected chi connectivity index (χ1v) is 16.5. The van der Waals surface area contributed by atoms with Crippen LogP contribution < -0.4 is 21.9 Å². The highest BCUT2D eigenvalue weighted by Gasteiger charge is 2.28. The van der Waals surface area contributed by atoms with Crippen LogP contribution in [0.3, 0.4) is 0 Å². The van der Waals surface area contributed by atoms with Gasteiger partial charge in [-0.15, -0.1) is 11.3 Å². The maximum absolute atomic E-state index is 13.3. The van der Waals surface area contributed by atoms with Gasteiger partial charge in [-0.1, -0.05) is 12.1 Å². The predicted octanol–water partition coefficient (Wildman–Crippen LogP) is 5.36. The van der Waals surface area contributed by atoms with Crippen LogP contribution in [-0.4, -0.2) is 52.0 Å². The first-order chi connectivity index (χ1) is 22.6. The molecule has 0 saturated carbocycles. The van der Waals surface area contributed by atoms with Gasteiger partial charge >= 0.3 is 0 Å². The Balaban J connectivity index is 1.22. The summed E-state index contributed by atoms with van der Waals surface area (Å²) in [5.41, 5.74) is 10.4. The number of nitrogens with zero attached hydrogens (tertiary/aromatic N) is 4. The molecule has 1 aliphatic carbocycles. The molecular formula is C35H37N7O4S. The molecule has 0 bridgehead atoms. The van der Waals surface area contributed by atoms with E-state index in [-0.39, 0.29) is 35.0 Å². The number of rotatable bonds is 8. The normalized spacial score (nSPS) is 14.7. The number of aliphatic imine (C=N–C) groups is 1. The Kier molecular flexibility index (Phi) is 9.04. The van der Waals surface area contributed by atoms with Crippen LogP contribution in [0.5, 0.6) is 0 Å². The van der Waals surface area contributed by atoms with E-state index in [2.05, 4.69) is 27.3 Å². The second-order valence-corrected chi connectivity index (χ2v) is 13.2. The van der Waals surface area contributed by atoms with Crippen molar-refractivity contribution < 1.29 is 14.4 Å². The summed E-state index contributed by atoms with van der Waals surface area (Å²) in [4.78, 5) is 63.6. The van der Waals surface area contributed by atoms with E-state index >= 15 is 0 Å². The number of nitrogens with one attached hydrogen (secondary N) is 2. The van der Waals surface area contributed by atoms with Gasteiger partial charge in [0, 0.05) is 54.1 Å². The Hall–Kier alpha value is -5.10. The Morgan fingerprint density at radius 3 is 2.57 bits per heavy atom. The minimum absolute atomic E-state index is 0.0885. The Bertz CT molecular complexity index is 1930. The van der Waals surface area contributed by atoms with Gasteiger partial charge in [0.05, 0.1) is 21.8 Å². The number of carbonyl (C=O) groups excluding carboxylic acids is 3. The lowest BCUT2D eigenvalue weighted by atomic mass is 9.95. The number of hydrogen-bond acceptors (Lipinski definition) is 8. The van der Waals surface area contributed by atoms with Gasteiger partial charge in [-0.05, 0) is 93.6 Å². The Morgan fingerprint density at radius 2 is 1.85 bits per heavy atom. The molecule has 11 nitrogen and oxygen atoms in total. The standard InChI is InChI=1S/C35H37N7O4S/c1-20-24(8-6-9-26(20)40-33(44)30-17-22-7-4-5-10-29(22)47-30)28-19-41(3)35(46)32(39-28)38-23-11-12-25(27(18-23)37-2)34(45)42-15-13-21(14-16-42)31(36)43/h6,8-9,11-12,17-19,21H,2,4-5,7,10,13-16H2,1,3H3,(H2,36,43)(H,38,39)(H,40,44). The molecule has 4 N–H and O–H groups in total. The predicted molar refractivity (Wildman–Crippen MR) is 185 cm³/mol. The van der Waals surface area contributed by atoms with Crippen molar-refractivity contribution in [3.8, 4) is 11.3 Å². The molecule has 6 rings (SSSR count). The average molecular weight is 652 g/mol. The number of hydrogen-bond donors (Lipinski definition) is 3. The summed E-state index contributed by atoms with van der Waals surface area (Å²) >= 11 is 1.57. The molecule has 0 unspecified atom stereocenters. The van der Waals surface area contributed by atoms with Crippen LogP contribution >= 0.6 is 11.3 Å². The van der Waals surface area contributed by atoms with Crippen molar-refractivity contribution in [2.75, 3.05) is 23.7 Å². The third kappa shape index (κ3) is 6.59. The summed E-state index contributed by atoms with van der Waals surface area (Å²) in [6, 6.07) is 12.6. The maximum Gasteiger partial charge on any atom is 0.293 e. The zero-order valence-electron chi connectivity index (χ0n) is 26.5. The van der Waals surface area contributed by atoms with Gasteiger partial charge in [0.2, 0.25) is 5.91 Å². The molecule has 2 aromatic heterocycles. The molecule has 47 heavy (non-hydrogen) atoms. The van der Waals surface area contributed by atoms with Crippen LogP contribution in [0.1, 0.15) is 61.7 Å². The quantitative estimate of drug-likeness (QED) is 0.218. The molecule has 1 saturated heterocycles. The molecule has 3 heterocycles. The summed E-state index contributed by atoms with van der Waals surface area (Å²) in [7, 11) is 1.65. The highest BCUT2D eigenvalue weighted by Crippen LogP contribution is 2.33. The third-order valence-electron chi connectivity index (χ3n) is 9.00. The number of amides is 3. The molecule has 1 aliphatic heterocycles. The molecular weight excluding hydrogens is 614 g/mol. The lowest BCUT2D eigenvalue weighted by Crippen LogP contribution is -2.41. The van der Waals surface area contributed by atoms with E-state index in [1.54, 1.807) is 47.7 Å². The molecule has 242 valence electrons. The average Bonchev–Trinajstić information content (AvgIpc) is 3.52. The molecule has 1 fully saturated rings. The van der Waals surface area contributed by atoms with E-state index in [4.69, 9.17) is 5.73 Å². The second kappa shape index (κ2) is 13.3. The van der Waals surface area contributed by atoms with Crippen molar-refractivity contribution >= 4 is 58.7 Å². The fourth-order valence-corrected chi connectivity index (χ4v) is 7.40. The lowest BCUT2D eigenvalue weighted by molar-refractivity contribution is -0.123. The monoisotopic (exact) mass is 651 g/mol. The van der Waals surface area contributed by atoms with Crippen molar-refractivity contribution in [3.05, 3.63) is 85.5 Å². The van der Waals surface area contributed by atoms with Crippen molar-refractivity contribution in [2.45, 2.75) is 45.4 Å². The summed E-state index contributed by atoms with van der Waals surface area (Å²) < 4.78 is 1.45. The first-order valence-electron chi connectivity index (χ1n) is 15.7. The fourth-order valence-electron chi connectivity index (χ4n) is 6.25. The zero-order valence-corrected chi connectivity index (χ0v) is 27.3. The van der Waals surface area contributed by atoms with Crippen LogP contribution in [-0.2, 0) is 24.7 Å². The van der Waals surface area contributed by atoms with Crippen LogP contribution in [0.2, 0.25) is 0 Å². The van der Waals surface area contributed by atoms with Gasteiger partial charge < -0.3 is 25.8 Å². The molecule has 3 amide bonds. The molecule has 2 aromatic carbocycles. The number of fused-ring (bicyclic) bond motifs is 1. The van der Waals surface area contributed by atoms with Gasteiger partial charge in [0.15, 0.2) is 5.82 Å². The van der Waals surface area contributed by atoms with Crippen molar-refractivity contribution in [1.29, 1.82) is 0 Å². The second-order valence-electron chi connectivity index (χ2n) is 12.1. The largest absolute Gasteiger partial charge is 0.369 e. The van der Waals surface area contributed by atoms with E-state index in [1.165, 1.54) is 15.0 Å². The maximum atomic E-state index is 13.3. The highest BCUT2D eigenvalue weighted by molar-refractivity contribution is 7.14. The van der Waals surface area contributed by atoms with Gasteiger partial charge in [-0.3, -0.25) is 24.2 Å². The van der Waals surface area contributed by atoms with E-state index in [0.717, 1.165) is 36.8 Å². The van der Waals surface area contributed by atoms with E-state index in [0.29, 0.717) is 59.1 Å². The van der Waals surface area contributed by atoms with Gasteiger partial charge in [-0.25, -0.2) is 4.98 Å². The number of nitrogens with two attached hydrogens (primary N) is 1. The van der Waals surface area contributed by atoms with Crippen LogP contribution in [0, 0.1) is 12.8 Å². The smallest absolute Gasteiger partial charge is 0.293 e. The summed E-state index contributed by atoms with van der Waals surface area (Å²) in [6.45, 7) is 6.41. The molecule has 0 atom stereocenters. The SMILES string of the molecule is C=Nc1cc(Nc2nc(-c3cccc(NC(=O)c4cc5c(s4)CCCC5)c3C)cn(C)c2=O)ccc1C(=O)N1CCC(C(N)=O)CC1. The molecule has 12 heteroatoms. The van der Waals surface area contributed by atoms with E-state index in [1.807, 2.05) is 31.2 Å². The lowest BCUT2D eigenvalue weighted by Gasteiger charge is -2.31. The number of anilines is 3. The minimum Gasteiger partial charge on any atom is -0.369 e. The number of thiophene rings is 1. The van der Waals surface area contributed by atoms with Crippen molar-refractivity contribution in [2.24, 2.45) is 23.7 Å². The van der Waals surface area contributed by atoms with E-state index < -0.39 is 0 Å². The molecule has 0 radical (unpaired) electrons. The number of carbonyl (C=O) groups is 3. The number of aryl methyl sites for hydroxylation is 3. The van der Waals surface area contributed by atoms with Gasteiger partial charge in [-0.2, -0.15) is 0 Å². The minimum atomic E-state index is -0.344. The number of benzene rings is 2. The van der Waals surface area contributed by atoms with Crippen LogP contribution in [0.25, 0.3) is 11.3 Å². The highest BCUT2D eigenvalue weighted by atomic mass is 32.1. The van der Waals surface area contributed by atoms with Gasteiger partial charge in [0.1, 0.15) is 0 Å². The molecule has 2 aliphatic rings. The van der Waals surface area contributed by atoms with E-state index in [9.17, 15) is 19.2 Å². The van der Waals surface area contributed by atoms with Gasteiger partial charge in [0.25, 0.3) is 17.4 Å². The number of piperidine rings is 1.